The minimum Gasteiger partial charge on any atom is -0.469 e. The second-order valence-corrected chi connectivity index (χ2v) is 2.88. The quantitative estimate of drug-likeness (QED) is 0.460. The van der Waals surface area contributed by atoms with E-state index in [9.17, 15) is 4.79 Å². The Bertz CT molecular complexity index is 136. The van der Waals surface area contributed by atoms with Gasteiger partial charge in [0.25, 0.3) is 0 Å². The molecule has 0 amide bonds. The van der Waals surface area contributed by atoms with Gasteiger partial charge in [0, 0.05) is 0 Å². The van der Waals surface area contributed by atoms with Crippen LogP contribution in [0.25, 0.3) is 0 Å². The fourth-order valence-electron chi connectivity index (χ4n) is 0.631. The molecule has 0 saturated carbocycles. The third-order valence-electron chi connectivity index (χ3n) is 1.29. The van der Waals surface area contributed by atoms with Crippen molar-refractivity contribution in [2.45, 2.75) is 26.7 Å². The Labute approximate surface area is 68.2 Å². The lowest BCUT2D eigenvalue weighted by Gasteiger charge is -1.96. The van der Waals surface area contributed by atoms with E-state index in [0.29, 0.717) is 12.3 Å². The van der Waals surface area contributed by atoms with Crippen molar-refractivity contribution in [3.8, 4) is 0 Å². The van der Waals surface area contributed by atoms with Gasteiger partial charge in [-0.1, -0.05) is 26.0 Å². The average molecular weight is 156 g/mol. The number of methoxy groups -OCH3 is 1. The topological polar surface area (TPSA) is 26.3 Å². The Morgan fingerprint density at radius 2 is 2.09 bits per heavy atom. The van der Waals surface area contributed by atoms with Crippen molar-refractivity contribution < 1.29 is 9.53 Å². The van der Waals surface area contributed by atoms with Gasteiger partial charge in [-0.05, 0) is 12.3 Å². The first kappa shape index (κ1) is 10.2. The van der Waals surface area contributed by atoms with Crippen molar-refractivity contribution >= 4 is 5.97 Å². The Morgan fingerprint density at radius 3 is 2.55 bits per heavy atom. The van der Waals surface area contributed by atoms with E-state index in [1.807, 2.05) is 12.2 Å². The maximum atomic E-state index is 10.6. The van der Waals surface area contributed by atoms with Gasteiger partial charge in [0.2, 0.25) is 0 Å². The van der Waals surface area contributed by atoms with Gasteiger partial charge < -0.3 is 4.74 Å². The molecular formula is C9H16O2. The fourth-order valence-corrected chi connectivity index (χ4v) is 0.631. The van der Waals surface area contributed by atoms with Crippen LogP contribution in [0.15, 0.2) is 12.2 Å². The van der Waals surface area contributed by atoms with Gasteiger partial charge in [-0.15, -0.1) is 0 Å². The van der Waals surface area contributed by atoms with E-state index in [-0.39, 0.29) is 5.97 Å². The molecule has 0 unspecified atom stereocenters. The van der Waals surface area contributed by atoms with Gasteiger partial charge in [0.05, 0.1) is 13.5 Å². The molecule has 0 N–H and O–H groups in total. The second-order valence-electron chi connectivity index (χ2n) is 2.88. The minimum absolute atomic E-state index is 0.176. The summed E-state index contributed by atoms with van der Waals surface area (Å²) in [7, 11) is 1.40. The molecule has 0 fully saturated rings. The van der Waals surface area contributed by atoms with E-state index in [2.05, 4.69) is 18.6 Å². The van der Waals surface area contributed by atoms with Gasteiger partial charge in [0.15, 0.2) is 0 Å². The molecule has 0 aromatic carbocycles. The van der Waals surface area contributed by atoms with E-state index in [1.165, 1.54) is 7.11 Å². The lowest BCUT2D eigenvalue weighted by molar-refractivity contribution is -0.139. The predicted octanol–water partition coefficient (Wildman–Crippen LogP) is 2.15. The SMILES string of the molecule is COC(=O)CC=CCC(C)C. The molecule has 11 heavy (non-hydrogen) atoms. The first-order valence-electron chi connectivity index (χ1n) is 3.88. The van der Waals surface area contributed by atoms with Crippen molar-refractivity contribution in [3.05, 3.63) is 12.2 Å². The maximum absolute atomic E-state index is 10.6. The fraction of sp³-hybridized carbons (Fsp3) is 0.667. The summed E-state index contributed by atoms with van der Waals surface area (Å²) in [5.41, 5.74) is 0. The molecule has 0 aliphatic rings. The Balaban J connectivity index is 3.37. The van der Waals surface area contributed by atoms with Crippen LogP contribution in [0, 0.1) is 5.92 Å². The zero-order chi connectivity index (χ0) is 8.69. The number of hydrogen-bond donors (Lipinski definition) is 0. The molecule has 0 bridgehead atoms. The van der Waals surface area contributed by atoms with Crippen LogP contribution >= 0.6 is 0 Å². The van der Waals surface area contributed by atoms with Crippen LogP contribution in [0.5, 0.6) is 0 Å². The second kappa shape index (κ2) is 5.96. The standard InChI is InChI=1S/C9H16O2/c1-8(2)6-4-5-7-9(10)11-3/h4-5,8H,6-7H2,1-3H3. The third-order valence-corrected chi connectivity index (χ3v) is 1.29. The largest absolute Gasteiger partial charge is 0.469 e. The highest BCUT2D eigenvalue weighted by molar-refractivity contribution is 5.70. The molecule has 0 heterocycles. The monoisotopic (exact) mass is 156 g/mol. The summed E-state index contributed by atoms with van der Waals surface area (Å²) >= 11 is 0. The number of allylic oxidation sites excluding steroid dienone is 1. The van der Waals surface area contributed by atoms with Crippen LogP contribution in [0.4, 0.5) is 0 Å². The molecule has 0 atom stereocenters. The summed E-state index contributed by atoms with van der Waals surface area (Å²) < 4.78 is 4.47. The van der Waals surface area contributed by atoms with Crippen molar-refractivity contribution in [1.29, 1.82) is 0 Å². The summed E-state index contributed by atoms with van der Waals surface area (Å²) in [6.45, 7) is 4.28. The summed E-state index contributed by atoms with van der Waals surface area (Å²) in [6.07, 6.45) is 5.29. The molecule has 0 aliphatic carbocycles. The summed E-state index contributed by atoms with van der Waals surface area (Å²) in [5.74, 6) is 0.480. The van der Waals surface area contributed by atoms with Crippen LogP contribution in [0.2, 0.25) is 0 Å². The molecule has 0 aromatic rings. The molecule has 0 rings (SSSR count). The van der Waals surface area contributed by atoms with Crippen LogP contribution in [0.3, 0.4) is 0 Å². The Hall–Kier alpha value is -0.790. The number of rotatable bonds is 4. The lowest BCUT2D eigenvalue weighted by atomic mass is 10.1. The van der Waals surface area contributed by atoms with Gasteiger partial charge in [-0.2, -0.15) is 0 Å². The van der Waals surface area contributed by atoms with Gasteiger partial charge >= 0.3 is 5.97 Å². The Kier molecular flexibility index (Phi) is 5.53. The zero-order valence-electron chi connectivity index (χ0n) is 7.46. The van der Waals surface area contributed by atoms with Gasteiger partial charge in [0.1, 0.15) is 0 Å². The molecule has 0 spiro atoms. The highest BCUT2D eigenvalue weighted by Gasteiger charge is 1.93. The highest BCUT2D eigenvalue weighted by atomic mass is 16.5. The van der Waals surface area contributed by atoms with Gasteiger partial charge in [-0.25, -0.2) is 0 Å². The van der Waals surface area contributed by atoms with Crippen LogP contribution in [-0.4, -0.2) is 13.1 Å². The maximum Gasteiger partial charge on any atom is 0.309 e. The number of carbonyl (C=O) groups is 1. The van der Waals surface area contributed by atoms with Crippen LogP contribution in [-0.2, 0) is 9.53 Å². The molecule has 0 radical (unpaired) electrons. The normalized spacial score (nSPS) is 10.9. The molecule has 0 aromatic heterocycles. The van der Waals surface area contributed by atoms with Crippen molar-refractivity contribution in [1.82, 2.24) is 0 Å². The smallest absolute Gasteiger partial charge is 0.309 e. The van der Waals surface area contributed by atoms with Gasteiger partial charge in [-0.3, -0.25) is 4.79 Å². The number of ether oxygens (including phenoxy) is 1. The van der Waals surface area contributed by atoms with Crippen LogP contribution in [0.1, 0.15) is 26.7 Å². The lowest BCUT2D eigenvalue weighted by Crippen LogP contribution is -1.96. The number of carbonyl (C=O) groups excluding carboxylic acids is 1. The zero-order valence-corrected chi connectivity index (χ0v) is 7.46. The predicted molar refractivity (Wildman–Crippen MR) is 45.2 cm³/mol. The molecule has 2 heteroatoms. The van der Waals surface area contributed by atoms with Crippen molar-refractivity contribution in [2.24, 2.45) is 5.92 Å². The van der Waals surface area contributed by atoms with E-state index in [4.69, 9.17) is 0 Å². The molecule has 0 aliphatic heterocycles. The average Bonchev–Trinajstić information content (AvgIpc) is 1.97. The first-order valence-corrected chi connectivity index (χ1v) is 3.88. The first-order chi connectivity index (χ1) is 5.16. The molecular weight excluding hydrogens is 140 g/mol. The molecule has 2 nitrogen and oxygen atoms in total. The summed E-state index contributed by atoms with van der Waals surface area (Å²) in [4.78, 5) is 10.6. The molecule has 64 valence electrons. The highest BCUT2D eigenvalue weighted by Crippen LogP contribution is 2.00. The third kappa shape index (κ3) is 7.10. The van der Waals surface area contributed by atoms with E-state index in [0.717, 1.165) is 6.42 Å². The Morgan fingerprint density at radius 1 is 1.45 bits per heavy atom. The van der Waals surface area contributed by atoms with Crippen LogP contribution < -0.4 is 0 Å². The summed E-state index contributed by atoms with van der Waals surface area (Å²) in [5, 5.41) is 0. The van der Waals surface area contributed by atoms with Crippen molar-refractivity contribution in [3.63, 3.8) is 0 Å². The van der Waals surface area contributed by atoms with Crippen molar-refractivity contribution in [2.75, 3.05) is 7.11 Å². The van der Waals surface area contributed by atoms with E-state index >= 15 is 0 Å². The number of hydrogen-bond acceptors (Lipinski definition) is 2. The number of esters is 1. The summed E-state index contributed by atoms with van der Waals surface area (Å²) in [6, 6.07) is 0. The van der Waals surface area contributed by atoms with E-state index in [1.54, 1.807) is 0 Å². The van der Waals surface area contributed by atoms with E-state index < -0.39 is 0 Å². The minimum atomic E-state index is -0.176. The molecule has 0 saturated heterocycles.